The average molecular weight is 212 g/mol. The molecule has 0 bridgehead atoms. The van der Waals surface area contributed by atoms with E-state index >= 15 is 0 Å². The molecule has 0 aliphatic carbocycles. The van der Waals surface area contributed by atoms with Crippen LogP contribution in [-0.2, 0) is 9.92 Å². The minimum atomic E-state index is -3.06. The average Bonchev–Trinajstić information content (AvgIpc) is 1.79. The van der Waals surface area contributed by atoms with E-state index in [0.717, 1.165) is 4.31 Å². The van der Waals surface area contributed by atoms with Crippen LogP contribution in [-0.4, -0.2) is 32.3 Å². The SMILES string of the molecule is CC(C)(C)S(=N)(=O)N1CC(F)(F)C1. The van der Waals surface area contributed by atoms with Crippen LogP contribution in [0.5, 0.6) is 0 Å². The monoisotopic (exact) mass is 212 g/mol. The quantitative estimate of drug-likeness (QED) is 0.706. The van der Waals surface area contributed by atoms with Crippen molar-refractivity contribution in [1.82, 2.24) is 4.31 Å². The normalized spacial score (nSPS) is 27.8. The molecule has 1 rings (SSSR count). The number of nitrogens with one attached hydrogen (secondary N) is 1. The second-order valence-corrected chi connectivity index (χ2v) is 7.09. The van der Waals surface area contributed by atoms with Gasteiger partial charge in [0.25, 0.3) is 5.92 Å². The van der Waals surface area contributed by atoms with Crippen LogP contribution < -0.4 is 0 Å². The molecular weight excluding hydrogens is 198 g/mol. The second kappa shape index (κ2) is 2.63. The van der Waals surface area contributed by atoms with Gasteiger partial charge in [0.1, 0.15) is 9.92 Å². The first-order valence-corrected chi connectivity index (χ1v) is 5.49. The van der Waals surface area contributed by atoms with Crippen LogP contribution in [0.4, 0.5) is 8.78 Å². The van der Waals surface area contributed by atoms with E-state index in [1.165, 1.54) is 0 Å². The molecule has 1 atom stereocenters. The molecule has 0 aromatic heterocycles. The first-order valence-electron chi connectivity index (χ1n) is 3.98. The van der Waals surface area contributed by atoms with Crippen molar-refractivity contribution in [1.29, 1.82) is 4.78 Å². The Morgan fingerprint density at radius 1 is 1.38 bits per heavy atom. The van der Waals surface area contributed by atoms with Crippen LogP contribution in [0.2, 0.25) is 0 Å². The maximum Gasteiger partial charge on any atom is 0.275 e. The molecule has 1 N–H and O–H groups in total. The fraction of sp³-hybridized carbons (Fsp3) is 1.00. The zero-order chi connectivity index (χ0) is 10.5. The summed E-state index contributed by atoms with van der Waals surface area (Å²) in [6, 6.07) is 0. The van der Waals surface area contributed by atoms with Crippen molar-refractivity contribution in [2.75, 3.05) is 13.1 Å². The van der Waals surface area contributed by atoms with Gasteiger partial charge in [-0.3, -0.25) is 0 Å². The molecule has 1 saturated heterocycles. The van der Waals surface area contributed by atoms with E-state index in [9.17, 15) is 13.0 Å². The summed E-state index contributed by atoms with van der Waals surface area (Å²) in [5.41, 5.74) is 0. The smallest absolute Gasteiger partial charge is 0.240 e. The van der Waals surface area contributed by atoms with Gasteiger partial charge in [0.05, 0.1) is 17.8 Å². The Balaban J connectivity index is 2.77. The summed E-state index contributed by atoms with van der Waals surface area (Å²) >= 11 is 0. The highest BCUT2D eigenvalue weighted by molar-refractivity contribution is 7.91. The van der Waals surface area contributed by atoms with Crippen LogP contribution in [0.15, 0.2) is 0 Å². The molecule has 13 heavy (non-hydrogen) atoms. The first kappa shape index (κ1) is 10.8. The highest BCUT2D eigenvalue weighted by Gasteiger charge is 2.50. The zero-order valence-electron chi connectivity index (χ0n) is 7.93. The highest BCUT2D eigenvalue weighted by Crippen LogP contribution is 2.33. The molecule has 1 fully saturated rings. The number of halogens is 2. The Morgan fingerprint density at radius 2 is 1.77 bits per heavy atom. The van der Waals surface area contributed by atoms with Gasteiger partial charge in [0.15, 0.2) is 0 Å². The topological polar surface area (TPSA) is 44.2 Å². The van der Waals surface area contributed by atoms with E-state index in [0.29, 0.717) is 0 Å². The van der Waals surface area contributed by atoms with Gasteiger partial charge in [-0.2, -0.15) is 0 Å². The first-order chi connectivity index (χ1) is 5.56. The molecule has 0 spiro atoms. The van der Waals surface area contributed by atoms with Crippen LogP contribution in [0.25, 0.3) is 0 Å². The van der Waals surface area contributed by atoms with E-state index in [4.69, 9.17) is 4.78 Å². The summed E-state index contributed by atoms with van der Waals surface area (Å²) in [7, 11) is -3.06. The third-order valence-electron chi connectivity index (χ3n) is 2.01. The minimum Gasteiger partial charge on any atom is -0.240 e. The molecule has 1 unspecified atom stereocenters. The molecule has 1 aliphatic rings. The van der Waals surface area contributed by atoms with Gasteiger partial charge in [-0.1, -0.05) is 0 Å². The van der Waals surface area contributed by atoms with Gasteiger partial charge in [-0.15, -0.1) is 0 Å². The molecule has 0 radical (unpaired) electrons. The lowest BCUT2D eigenvalue weighted by molar-refractivity contribution is -0.0940. The van der Waals surface area contributed by atoms with Crippen molar-refractivity contribution in [2.45, 2.75) is 31.4 Å². The van der Waals surface area contributed by atoms with Crippen LogP contribution in [0.1, 0.15) is 20.8 Å². The molecule has 3 nitrogen and oxygen atoms in total. The summed E-state index contributed by atoms with van der Waals surface area (Å²) in [4.78, 5) is 0. The molecule has 0 aromatic rings. The van der Waals surface area contributed by atoms with Gasteiger partial charge in [-0.05, 0) is 20.8 Å². The number of hydrogen-bond acceptors (Lipinski definition) is 2. The second-order valence-electron chi connectivity index (χ2n) is 4.29. The summed E-state index contributed by atoms with van der Waals surface area (Å²) in [5, 5.41) is 0. The van der Waals surface area contributed by atoms with Crippen molar-refractivity contribution < 1.29 is 13.0 Å². The molecule has 1 aliphatic heterocycles. The lowest BCUT2D eigenvalue weighted by atomic mass is 10.2. The van der Waals surface area contributed by atoms with Crippen molar-refractivity contribution >= 4 is 9.92 Å². The molecule has 0 aromatic carbocycles. The maximum atomic E-state index is 12.5. The molecule has 1 heterocycles. The van der Waals surface area contributed by atoms with E-state index in [2.05, 4.69) is 0 Å². The van der Waals surface area contributed by atoms with Gasteiger partial charge in [-0.25, -0.2) is 22.1 Å². The maximum absolute atomic E-state index is 12.5. The largest absolute Gasteiger partial charge is 0.275 e. The number of alkyl halides is 2. The number of nitrogens with zero attached hydrogens (tertiary/aromatic N) is 1. The van der Waals surface area contributed by atoms with Crippen molar-refractivity contribution in [3.8, 4) is 0 Å². The Kier molecular flexibility index (Phi) is 2.20. The predicted molar refractivity (Wildman–Crippen MR) is 47.1 cm³/mol. The van der Waals surface area contributed by atoms with E-state index in [1.54, 1.807) is 20.8 Å². The van der Waals surface area contributed by atoms with E-state index in [1.807, 2.05) is 0 Å². The van der Waals surface area contributed by atoms with Crippen molar-refractivity contribution in [2.24, 2.45) is 0 Å². The third kappa shape index (κ3) is 1.83. The molecule has 0 saturated carbocycles. The summed E-state index contributed by atoms with van der Waals surface area (Å²) in [6.07, 6.45) is 0. The summed E-state index contributed by atoms with van der Waals surface area (Å²) < 4.78 is 44.5. The Bertz CT molecular complexity index is 297. The minimum absolute atomic E-state index is 0.549. The van der Waals surface area contributed by atoms with Crippen LogP contribution >= 0.6 is 0 Å². The Morgan fingerprint density at radius 3 is 2.00 bits per heavy atom. The lowest BCUT2D eigenvalue weighted by Gasteiger charge is -2.43. The molecule has 6 heteroatoms. The third-order valence-corrected chi connectivity index (χ3v) is 4.65. The van der Waals surface area contributed by atoms with E-state index in [-0.39, 0.29) is 0 Å². The van der Waals surface area contributed by atoms with Crippen molar-refractivity contribution in [3.05, 3.63) is 0 Å². The number of hydrogen-bond donors (Lipinski definition) is 1. The standard InChI is InChI=1S/C7H14F2N2OS/c1-6(2,3)13(10,12)11-4-7(8,9)5-11/h10H,4-5H2,1-3H3. The summed E-state index contributed by atoms with van der Waals surface area (Å²) in [5.74, 6) is -2.76. The Hall–Kier alpha value is -0.230. The van der Waals surface area contributed by atoms with Gasteiger partial charge >= 0.3 is 0 Å². The predicted octanol–water partition coefficient (Wildman–Crippen LogP) is 1.70. The van der Waals surface area contributed by atoms with Gasteiger partial charge < -0.3 is 0 Å². The van der Waals surface area contributed by atoms with Gasteiger partial charge in [0, 0.05) is 0 Å². The van der Waals surface area contributed by atoms with Crippen LogP contribution in [0.3, 0.4) is 0 Å². The molecular formula is C7H14F2N2OS. The van der Waals surface area contributed by atoms with Crippen molar-refractivity contribution in [3.63, 3.8) is 0 Å². The van der Waals surface area contributed by atoms with E-state index < -0.39 is 33.7 Å². The fourth-order valence-electron chi connectivity index (χ4n) is 1.04. The fourth-order valence-corrected chi connectivity index (χ4v) is 2.55. The zero-order valence-corrected chi connectivity index (χ0v) is 8.75. The Labute approximate surface area is 77.2 Å². The van der Waals surface area contributed by atoms with Gasteiger partial charge in [0.2, 0.25) is 0 Å². The summed E-state index contributed by atoms with van der Waals surface area (Å²) in [6.45, 7) is 3.77. The van der Waals surface area contributed by atoms with Crippen LogP contribution in [0, 0.1) is 4.78 Å². The molecule has 0 amide bonds. The highest BCUT2D eigenvalue weighted by atomic mass is 32.2. The number of rotatable bonds is 1. The lowest BCUT2D eigenvalue weighted by Crippen LogP contribution is -2.61. The molecule has 78 valence electrons.